The fraction of sp³-hybridized carbons (Fsp3) is 0.531. The second-order valence-electron chi connectivity index (χ2n) is 11.0. The van der Waals surface area contributed by atoms with Gasteiger partial charge in [-0.15, -0.1) is 0 Å². The van der Waals surface area contributed by atoms with Gasteiger partial charge in [0, 0.05) is 11.6 Å². The second kappa shape index (κ2) is 12.7. The van der Waals surface area contributed by atoms with E-state index >= 15 is 8.78 Å². The summed E-state index contributed by atoms with van der Waals surface area (Å²) in [6.45, 7) is 5.74. The highest BCUT2D eigenvalue weighted by atomic mass is 19.1. The third-order valence-electron chi connectivity index (χ3n) is 8.54. The highest BCUT2D eigenvalue weighted by molar-refractivity contribution is 5.87. The van der Waals surface area contributed by atoms with Crippen LogP contribution in [0.3, 0.4) is 0 Å². The lowest BCUT2D eigenvalue weighted by Gasteiger charge is -2.29. The van der Waals surface area contributed by atoms with Crippen LogP contribution in [0, 0.1) is 17.6 Å². The van der Waals surface area contributed by atoms with Gasteiger partial charge in [0.2, 0.25) is 5.91 Å². The van der Waals surface area contributed by atoms with E-state index in [4.69, 9.17) is 0 Å². The molecule has 0 unspecified atom stereocenters. The van der Waals surface area contributed by atoms with Gasteiger partial charge in [0.05, 0.1) is 0 Å². The van der Waals surface area contributed by atoms with E-state index in [1.807, 2.05) is 24.3 Å². The number of carbonyl (C=O) groups excluding carboxylic acids is 1. The molecule has 2 aliphatic carbocycles. The van der Waals surface area contributed by atoms with Gasteiger partial charge in [0.25, 0.3) is 0 Å². The Bertz CT molecular complexity index is 1030. The first kappa shape index (κ1) is 26.6. The summed E-state index contributed by atoms with van der Waals surface area (Å²) in [5.41, 5.74) is 2.83. The van der Waals surface area contributed by atoms with Crippen molar-refractivity contribution in [1.29, 1.82) is 0 Å². The average molecular weight is 494 g/mol. The molecule has 2 aromatic carbocycles. The van der Waals surface area contributed by atoms with Gasteiger partial charge in [-0.3, -0.25) is 4.79 Å². The van der Waals surface area contributed by atoms with Crippen molar-refractivity contribution in [2.45, 2.75) is 102 Å². The Hall–Kier alpha value is -2.49. The van der Waals surface area contributed by atoms with Crippen molar-refractivity contribution in [2.75, 3.05) is 0 Å². The molecule has 0 atom stereocenters. The molecule has 0 spiro atoms. The zero-order valence-corrected chi connectivity index (χ0v) is 21.7. The predicted molar refractivity (Wildman–Crippen MR) is 144 cm³/mol. The molecular weight excluding hydrogens is 452 g/mol. The van der Waals surface area contributed by atoms with E-state index in [0.717, 1.165) is 50.0 Å². The Morgan fingerprint density at radius 1 is 0.917 bits per heavy atom. The Kier molecular flexibility index (Phi) is 9.34. The van der Waals surface area contributed by atoms with Crippen LogP contribution < -0.4 is 5.32 Å². The fourth-order valence-corrected chi connectivity index (χ4v) is 6.32. The number of hydrogen-bond acceptors (Lipinski definition) is 1. The van der Waals surface area contributed by atoms with Crippen molar-refractivity contribution in [3.63, 3.8) is 0 Å². The van der Waals surface area contributed by atoms with Crippen molar-refractivity contribution in [1.82, 2.24) is 5.32 Å². The molecule has 194 valence electrons. The van der Waals surface area contributed by atoms with E-state index in [1.54, 1.807) is 6.07 Å². The summed E-state index contributed by atoms with van der Waals surface area (Å²) >= 11 is 0. The molecule has 2 fully saturated rings. The van der Waals surface area contributed by atoms with Crippen LogP contribution in [0.5, 0.6) is 0 Å². The number of benzene rings is 2. The molecule has 0 saturated heterocycles. The zero-order chi connectivity index (χ0) is 25.5. The normalized spacial score (nSPS) is 24.3. The topological polar surface area (TPSA) is 29.1 Å². The number of unbranched alkanes of at least 4 members (excludes halogenated alkanes) is 2. The number of rotatable bonds is 9. The molecule has 2 saturated carbocycles. The minimum Gasteiger partial charge on any atom is -0.350 e. The molecule has 4 heteroatoms. The summed E-state index contributed by atoms with van der Waals surface area (Å²) < 4.78 is 30.3. The number of nitrogens with one attached hydrogen (secondary N) is 1. The van der Waals surface area contributed by atoms with Crippen LogP contribution >= 0.6 is 0 Å². The lowest BCUT2D eigenvalue weighted by atomic mass is 9.77. The Morgan fingerprint density at radius 2 is 1.64 bits per heavy atom. The van der Waals surface area contributed by atoms with Crippen LogP contribution in [-0.4, -0.2) is 11.9 Å². The highest BCUT2D eigenvalue weighted by Crippen LogP contribution is 2.40. The number of carbonyl (C=O) groups is 1. The monoisotopic (exact) mass is 493 g/mol. The maximum absolute atomic E-state index is 15.2. The summed E-state index contributed by atoms with van der Waals surface area (Å²) in [6.07, 6.45) is 14.6. The van der Waals surface area contributed by atoms with Gasteiger partial charge in [-0.05, 0) is 104 Å². The molecule has 2 aliphatic rings. The van der Waals surface area contributed by atoms with Crippen molar-refractivity contribution in [3.8, 4) is 11.1 Å². The van der Waals surface area contributed by atoms with Crippen molar-refractivity contribution in [2.24, 2.45) is 5.92 Å². The van der Waals surface area contributed by atoms with Gasteiger partial charge in [-0.1, -0.05) is 63.5 Å². The molecule has 0 bridgehead atoms. The summed E-state index contributed by atoms with van der Waals surface area (Å²) in [5.74, 6) is 0.706. The lowest BCUT2D eigenvalue weighted by molar-refractivity contribution is -0.117. The second-order valence-corrected chi connectivity index (χ2v) is 11.0. The summed E-state index contributed by atoms with van der Waals surface area (Å²) in [5, 5.41) is 2.94. The van der Waals surface area contributed by atoms with E-state index in [2.05, 4.69) is 18.8 Å². The Morgan fingerprint density at radius 3 is 2.28 bits per heavy atom. The van der Waals surface area contributed by atoms with Crippen LogP contribution in [0.2, 0.25) is 0 Å². The van der Waals surface area contributed by atoms with Crippen LogP contribution in [0.25, 0.3) is 11.1 Å². The maximum Gasteiger partial charge on any atom is 0.243 e. The van der Waals surface area contributed by atoms with E-state index in [9.17, 15) is 4.79 Å². The molecule has 1 N–H and O–H groups in total. The van der Waals surface area contributed by atoms with Gasteiger partial charge in [-0.2, -0.15) is 0 Å². The average Bonchev–Trinajstić information content (AvgIpc) is 2.89. The lowest BCUT2D eigenvalue weighted by Crippen LogP contribution is -2.36. The molecule has 4 rings (SSSR count). The van der Waals surface area contributed by atoms with Crippen molar-refractivity contribution >= 4 is 5.91 Å². The van der Waals surface area contributed by atoms with E-state index in [-0.39, 0.29) is 29.5 Å². The quantitative estimate of drug-likeness (QED) is 0.274. The van der Waals surface area contributed by atoms with Crippen molar-refractivity contribution in [3.05, 3.63) is 71.8 Å². The van der Waals surface area contributed by atoms with Crippen LogP contribution in [0.15, 0.2) is 49.1 Å². The smallest absolute Gasteiger partial charge is 0.243 e. The summed E-state index contributed by atoms with van der Waals surface area (Å²) in [4.78, 5) is 11.5. The van der Waals surface area contributed by atoms with Gasteiger partial charge in [-0.25, -0.2) is 8.78 Å². The van der Waals surface area contributed by atoms with E-state index in [1.165, 1.54) is 50.7 Å². The molecule has 2 aromatic rings. The summed E-state index contributed by atoms with van der Waals surface area (Å²) in [7, 11) is 0. The SMILES string of the molecule is C=CC(=O)NC1CCC(c2ccc(-c3ccc(C4CCC(CCCCC)CC4)cc3F)cc2F)CC1. The van der Waals surface area contributed by atoms with E-state index in [0.29, 0.717) is 22.6 Å². The van der Waals surface area contributed by atoms with E-state index < -0.39 is 0 Å². The molecule has 0 radical (unpaired) electrons. The van der Waals surface area contributed by atoms with Crippen LogP contribution in [0.4, 0.5) is 8.78 Å². The van der Waals surface area contributed by atoms with Gasteiger partial charge < -0.3 is 5.32 Å². The zero-order valence-electron chi connectivity index (χ0n) is 21.7. The van der Waals surface area contributed by atoms with Gasteiger partial charge >= 0.3 is 0 Å². The van der Waals surface area contributed by atoms with Crippen LogP contribution in [-0.2, 0) is 4.79 Å². The number of halogens is 2. The fourth-order valence-electron chi connectivity index (χ4n) is 6.32. The number of hydrogen-bond donors (Lipinski definition) is 1. The third kappa shape index (κ3) is 6.63. The van der Waals surface area contributed by atoms with Crippen LogP contribution in [0.1, 0.15) is 107 Å². The molecule has 0 heterocycles. The highest BCUT2D eigenvalue weighted by Gasteiger charge is 2.26. The molecule has 0 aliphatic heterocycles. The minimum absolute atomic E-state index is 0.123. The van der Waals surface area contributed by atoms with Gasteiger partial charge in [0.1, 0.15) is 11.6 Å². The Labute approximate surface area is 215 Å². The largest absolute Gasteiger partial charge is 0.350 e. The molecular formula is C32H41F2NO. The first-order chi connectivity index (χ1) is 17.5. The first-order valence-corrected chi connectivity index (χ1v) is 14.0. The predicted octanol–water partition coefficient (Wildman–Crippen LogP) is 8.81. The Balaban J connectivity index is 1.36. The van der Waals surface area contributed by atoms with Crippen molar-refractivity contribution < 1.29 is 13.6 Å². The first-order valence-electron chi connectivity index (χ1n) is 14.0. The maximum atomic E-state index is 15.2. The molecule has 36 heavy (non-hydrogen) atoms. The van der Waals surface area contributed by atoms with Gasteiger partial charge in [0.15, 0.2) is 0 Å². The standard InChI is InChI=1S/C32H41F2NO/c1-3-5-6-7-22-8-10-23(11-9-22)25-14-18-29(30(33)20-25)26-15-19-28(31(34)21-26)24-12-16-27(17-13-24)35-32(36)4-2/h4,14-15,18-24,27H,2-3,5-13,16-17H2,1H3,(H,35,36). The molecule has 0 aromatic heterocycles. The molecule has 2 nitrogen and oxygen atoms in total. The summed E-state index contributed by atoms with van der Waals surface area (Å²) in [6, 6.07) is 10.8. The minimum atomic E-state index is -0.268. The number of amides is 1. The molecule has 1 amide bonds. The third-order valence-corrected chi connectivity index (χ3v) is 8.54.